The predicted octanol–water partition coefficient (Wildman–Crippen LogP) is 7.09. The number of allylic oxidation sites excluding steroid dienone is 2. The van der Waals surface area contributed by atoms with E-state index in [2.05, 4.69) is 29.4 Å². The van der Waals surface area contributed by atoms with E-state index in [1.165, 1.54) is 96.0 Å². The normalized spacial score (nSPS) is 13.8. The highest BCUT2D eigenvalue weighted by molar-refractivity contribution is 7.89. The molecule has 0 spiro atoms. The SMILES string of the molecule is CCCCCCCC/C=C\CCCCCCCC(N)=O.CN1C(C(=O)Nc2ccccn2)=C(O)c2ccccc2S1(=O)=O. The van der Waals surface area contributed by atoms with Gasteiger partial charge < -0.3 is 16.2 Å². The number of hydrogen-bond acceptors (Lipinski definition) is 6. The van der Waals surface area contributed by atoms with Gasteiger partial charge in [-0.1, -0.05) is 88.6 Å². The number of aromatic nitrogens is 1. The summed E-state index contributed by atoms with van der Waals surface area (Å²) in [6.07, 6.45) is 23.4. The van der Waals surface area contributed by atoms with E-state index in [4.69, 9.17) is 5.73 Å². The quantitative estimate of drug-likeness (QED) is 0.129. The van der Waals surface area contributed by atoms with Crippen molar-refractivity contribution in [1.29, 1.82) is 0 Å². The molecule has 3 rings (SSSR count). The zero-order chi connectivity index (χ0) is 31.5. The van der Waals surface area contributed by atoms with Gasteiger partial charge in [-0.25, -0.2) is 13.4 Å². The van der Waals surface area contributed by atoms with E-state index in [1.54, 1.807) is 30.3 Å². The number of unbranched alkanes of at least 4 members (excludes halogenated alkanes) is 11. The minimum atomic E-state index is -3.91. The number of carbonyl (C=O) groups is 2. The number of aliphatic hydroxyl groups excluding tert-OH is 1. The summed E-state index contributed by atoms with van der Waals surface area (Å²) in [6, 6.07) is 10.9. The van der Waals surface area contributed by atoms with Crippen LogP contribution in [-0.2, 0) is 19.6 Å². The number of amides is 2. The molecule has 10 heteroatoms. The molecule has 1 aliphatic rings. The number of primary amides is 1. The van der Waals surface area contributed by atoms with Crippen LogP contribution in [0.15, 0.2) is 71.4 Å². The first-order valence-corrected chi connectivity index (χ1v) is 16.8. The van der Waals surface area contributed by atoms with Crippen molar-refractivity contribution in [2.75, 3.05) is 12.4 Å². The zero-order valence-electron chi connectivity index (χ0n) is 25.6. The Labute approximate surface area is 257 Å². The lowest BCUT2D eigenvalue weighted by atomic mass is 10.1. The average Bonchev–Trinajstić information content (AvgIpc) is 2.99. The molecule has 0 atom stereocenters. The molecule has 236 valence electrons. The first-order chi connectivity index (χ1) is 20.7. The molecule has 2 amide bonds. The largest absolute Gasteiger partial charge is 0.505 e. The topological polar surface area (TPSA) is 143 Å². The van der Waals surface area contributed by atoms with Crippen LogP contribution in [0.25, 0.3) is 5.76 Å². The molecular formula is C33H48N4O5S. The minimum Gasteiger partial charge on any atom is -0.505 e. The lowest BCUT2D eigenvalue weighted by Crippen LogP contribution is -2.37. The van der Waals surface area contributed by atoms with Gasteiger partial charge in [-0.15, -0.1) is 0 Å². The Hall–Kier alpha value is -3.66. The fourth-order valence-electron chi connectivity index (χ4n) is 4.66. The molecule has 4 N–H and O–H groups in total. The second kappa shape index (κ2) is 19.5. The number of fused-ring (bicyclic) bond motifs is 1. The summed E-state index contributed by atoms with van der Waals surface area (Å²) in [7, 11) is -2.69. The summed E-state index contributed by atoms with van der Waals surface area (Å²) >= 11 is 0. The summed E-state index contributed by atoms with van der Waals surface area (Å²) in [5.74, 6) is -1.07. The molecule has 1 aromatic carbocycles. The third kappa shape index (κ3) is 12.2. The van der Waals surface area contributed by atoms with E-state index in [-0.39, 0.29) is 27.9 Å². The molecule has 2 heterocycles. The molecule has 0 aliphatic carbocycles. The Balaban J connectivity index is 0.000000304. The highest BCUT2D eigenvalue weighted by Gasteiger charge is 2.37. The maximum Gasteiger partial charge on any atom is 0.277 e. The molecule has 0 radical (unpaired) electrons. The van der Waals surface area contributed by atoms with Crippen LogP contribution in [0.5, 0.6) is 0 Å². The monoisotopic (exact) mass is 612 g/mol. The lowest BCUT2D eigenvalue weighted by Gasteiger charge is -2.28. The third-order valence-corrected chi connectivity index (χ3v) is 8.94. The number of nitrogens with zero attached hydrogens (tertiary/aromatic N) is 2. The Morgan fingerprint density at radius 2 is 1.47 bits per heavy atom. The number of likely N-dealkylation sites (N-methyl/N-ethyl adjacent to an activating group) is 1. The van der Waals surface area contributed by atoms with Crippen molar-refractivity contribution in [3.8, 4) is 0 Å². The van der Waals surface area contributed by atoms with Crippen molar-refractivity contribution in [2.24, 2.45) is 5.73 Å². The lowest BCUT2D eigenvalue weighted by molar-refractivity contribution is -0.118. The van der Waals surface area contributed by atoms with Crippen molar-refractivity contribution < 1.29 is 23.1 Å². The molecule has 1 aromatic heterocycles. The van der Waals surface area contributed by atoms with Gasteiger partial charge in [-0.3, -0.25) is 13.9 Å². The van der Waals surface area contributed by atoms with Gasteiger partial charge in [0.05, 0.1) is 4.90 Å². The van der Waals surface area contributed by atoms with Gasteiger partial charge in [-0.05, 0) is 56.4 Å². The molecule has 2 aromatic rings. The molecule has 1 aliphatic heterocycles. The molecule has 0 fully saturated rings. The van der Waals surface area contributed by atoms with Crippen molar-refractivity contribution in [2.45, 2.75) is 102 Å². The molecule has 0 unspecified atom stereocenters. The molecule has 9 nitrogen and oxygen atoms in total. The number of aliphatic hydroxyl groups is 1. The molecule has 0 saturated carbocycles. The van der Waals surface area contributed by atoms with Crippen molar-refractivity contribution in [3.63, 3.8) is 0 Å². The van der Waals surface area contributed by atoms with Crippen LogP contribution in [0, 0.1) is 0 Å². The van der Waals surface area contributed by atoms with E-state index in [0.29, 0.717) is 6.42 Å². The van der Waals surface area contributed by atoms with E-state index in [1.807, 2.05) is 0 Å². The standard InChI is InChI=1S/C18H35NO.C15H13N3O4S/c1-2-3-4-5-6-7-8-9-10-11-12-13-14-15-16-17-18(19)20;1-18-13(15(20)17-12-8-4-5-9-16-12)14(19)10-6-2-3-7-11(10)23(18,21)22/h9-10H,2-8,11-17H2,1H3,(H2,19,20);2-9,19H,1H3,(H,16,17,20)/b10-9-;. The van der Waals surface area contributed by atoms with E-state index >= 15 is 0 Å². The highest BCUT2D eigenvalue weighted by atomic mass is 32.2. The van der Waals surface area contributed by atoms with Gasteiger partial charge in [0, 0.05) is 25.2 Å². The number of hydrogen-bond donors (Lipinski definition) is 3. The van der Waals surface area contributed by atoms with Crippen LogP contribution in [-0.4, -0.2) is 41.7 Å². The van der Waals surface area contributed by atoms with Crippen molar-refractivity contribution >= 4 is 33.4 Å². The van der Waals surface area contributed by atoms with Gasteiger partial charge >= 0.3 is 0 Å². The Bertz CT molecular complexity index is 1310. The summed E-state index contributed by atoms with van der Waals surface area (Å²) in [5, 5.41) is 12.8. The Morgan fingerprint density at radius 3 is 2.07 bits per heavy atom. The number of nitrogens with one attached hydrogen (secondary N) is 1. The van der Waals surface area contributed by atoms with Crippen LogP contribution in [0.4, 0.5) is 5.82 Å². The molecular weight excluding hydrogens is 564 g/mol. The number of anilines is 1. The first kappa shape index (κ1) is 35.5. The summed E-state index contributed by atoms with van der Waals surface area (Å²) in [6.45, 7) is 2.26. The number of pyridine rings is 1. The molecule has 0 bridgehead atoms. The number of nitrogens with two attached hydrogens (primary N) is 1. The van der Waals surface area contributed by atoms with Gasteiger partial charge in [0.15, 0.2) is 11.5 Å². The maximum absolute atomic E-state index is 12.5. The van der Waals surface area contributed by atoms with Crippen LogP contribution >= 0.6 is 0 Å². The van der Waals surface area contributed by atoms with Crippen LogP contribution in [0.2, 0.25) is 0 Å². The smallest absolute Gasteiger partial charge is 0.277 e. The Kier molecular flexibility index (Phi) is 16.1. The number of benzene rings is 1. The molecule has 43 heavy (non-hydrogen) atoms. The minimum absolute atomic E-state index is 0.0469. The van der Waals surface area contributed by atoms with Crippen LogP contribution in [0.1, 0.15) is 102 Å². The van der Waals surface area contributed by atoms with Gasteiger partial charge in [-0.2, -0.15) is 0 Å². The van der Waals surface area contributed by atoms with Crippen LogP contribution < -0.4 is 11.1 Å². The highest BCUT2D eigenvalue weighted by Crippen LogP contribution is 2.34. The third-order valence-electron chi connectivity index (χ3n) is 7.13. The second-order valence-electron chi connectivity index (χ2n) is 10.6. The van der Waals surface area contributed by atoms with E-state index in [9.17, 15) is 23.1 Å². The fraction of sp³-hybridized carbons (Fsp3) is 0.485. The summed E-state index contributed by atoms with van der Waals surface area (Å²) in [4.78, 5) is 26.9. The fourth-order valence-corrected chi connectivity index (χ4v) is 6.06. The van der Waals surface area contributed by atoms with E-state index in [0.717, 1.165) is 17.1 Å². The first-order valence-electron chi connectivity index (χ1n) is 15.4. The van der Waals surface area contributed by atoms with Gasteiger partial charge in [0.25, 0.3) is 15.9 Å². The van der Waals surface area contributed by atoms with Crippen LogP contribution in [0.3, 0.4) is 0 Å². The van der Waals surface area contributed by atoms with E-state index < -0.39 is 21.7 Å². The number of sulfonamides is 1. The Morgan fingerprint density at radius 1 is 0.884 bits per heavy atom. The zero-order valence-corrected chi connectivity index (χ0v) is 26.4. The molecule has 0 saturated heterocycles. The average molecular weight is 613 g/mol. The summed E-state index contributed by atoms with van der Waals surface area (Å²) in [5.41, 5.74) is 4.84. The summed E-state index contributed by atoms with van der Waals surface area (Å²) < 4.78 is 25.8. The number of carbonyl (C=O) groups excluding carboxylic acids is 2. The van der Waals surface area contributed by atoms with Gasteiger partial charge in [0.1, 0.15) is 5.82 Å². The predicted molar refractivity (Wildman–Crippen MR) is 172 cm³/mol. The van der Waals surface area contributed by atoms with Gasteiger partial charge in [0.2, 0.25) is 5.91 Å². The number of rotatable bonds is 17. The van der Waals surface area contributed by atoms with Crippen molar-refractivity contribution in [3.05, 3.63) is 72.1 Å². The second-order valence-corrected chi connectivity index (χ2v) is 12.6. The van der Waals surface area contributed by atoms with Crippen molar-refractivity contribution in [1.82, 2.24) is 9.29 Å². The maximum atomic E-state index is 12.5.